The average Bonchev–Trinajstić information content (AvgIpc) is 2.76. The lowest BCUT2D eigenvalue weighted by Crippen LogP contribution is -2.10. The van der Waals surface area contributed by atoms with Crippen molar-refractivity contribution in [3.8, 4) is 0 Å². The Labute approximate surface area is 112 Å². The van der Waals surface area contributed by atoms with Gasteiger partial charge in [-0.1, -0.05) is 18.7 Å². The van der Waals surface area contributed by atoms with Gasteiger partial charge >= 0.3 is 0 Å². The number of aromatic nitrogens is 3. The van der Waals surface area contributed by atoms with Crippen molar-refractivity contribution in [1.82, 2.24) is 14.8 Å². The Morgan fingerprint density at radius 1 is 1.33 bits per heavy atom. The molecule has 0 unspecified atom stereocenters. The molecule has 0 fully saturated rings. The van der Waals surface area contributed by atoms with Gasteiger partial charge in [-0.2, -0.15) is 0 Å². The fourth-order valence-corrected chi connectivity index (χ4v) is 3.50. The predicted molar refractivity (Wildman–Crippen MR) is 73.3 cm³/mol. The zero-order valence-corrected chi connectivity index (χ0v) is 12.4. The number of sulfone groups is 1. The molecular formula is C10H20N4O2S2. The summed E-state index contributed by atoms with van der Waals surface area (Å²) in [6.45, 7) is 4.82. The number of thioether (sulfide) groups is 1. The van der Waals surface area contributed by atoms with Crippen LogP contribution in [0.25, 0.3) is 0 Å². The Kier molecular flexibility index (Phi) is 6.10. The Morgan fingerprint density at radius 3 is 2.61 bits per heavy atom. The van der Waals surface area contributed by atoms with E-state index in [0.717, 1.165) is 23.3 Å². The first-order valence-electron chi connectivity index (χ1n) is 5.99. The lowest BCUT2D eigenvalue weighted by atomic mass is 10.6. The lowest BCUT2D eigenvalue weighted by molar-refractivity contribution is 0.596. The van der Waals surface area contributed by atoms with E-state index in [1.165, 1.54) is 11.8 Å². The predicted octanol–water partition coefficient (Wildman–Crippen LogP) is 0.674. The molecular weight excluding hydrogens is 272 g/mol. The van der Waals surface area contributed by atoms with Crippen molar-refractivity contribution in [3.63, 3.8) is 0 Å². The molecule has 0 bridgehead atoms. The van der Waals surface area contributed by atoms with Crippen LogP contribution in [0.1, 0.15) is 26.1 Å². The topological polar surface area (TPSA) is 90.9 Å². The molecule has 0 amide bonds. The molecule has 0 saturated heterocycles. The molecule has 0 aromatic carbocycles. The molecule has 0 aliphatic rings. The van der Waals surface area contributed by atoms with Gasteiger partial charge < -0.3 is 10.3 Å². The summed E-state index contributed by atoms with van der Waals surface area (Å²) in [6.07, 6.45) is 0.634. The summed E-state index contributed by atoms with van der Waals surface area (Å²) in [7, 11) is -2.87. The summed E-state index contributed by atoms with van der Waals surface area (Å²) >= 11 is 1.53. The summed E-state index contributed by atoms with van der Waals surface area (Å²) in [4.78, 5) is 0. The highest BCUT2D eigenvalue weighted by atomic mass is 32.2. The SMILES string of the molecule is CCn1c(CN)nnc1SCCCS(=O)(=O)CC. The zero-order chi connectivity index (χ0) is 13.6. The quantitative estimate of drug-likeness (QED) is 0.559. The third-order valence-electron chi connectivity index (χ3n) is 2.56. The van der Waals surface area contributed by atoms with E-state index in [-0.39, 0.29) is 11.5 Å². The number of nitrogens with zero attached hydrogens (tertiary/aromatic N) is 3. The van der Waals surface area contributed by atoms with E-state index >= 15 is 0 Å². The van der Waals surface area contributed by atoms with E-state index in [9.17, 15) is 8.42 Å². The van der Waals surface area contributed by atoms with Crippen LogP contribution in [-0.2, 0) is 22.9 Å². The minimum Gasteiger partial charge on any atom is -0.324 e. The number of rotatable bonds is 8. The highest BCUT2D eigenvalue weighted by molar-refractivity contribution is 7.99. The standard InChI is InChI=1S/C10H20N4O2S2/c1-3-14-9(8-11)12-13-10(14)17-6-5-7-18(15,16)4-2/h3-8,11H2,1-2H3. The molecule has 0 saturated carbocycles. The first-order valence-corrected chi connectivity index (χ1v) is 8.80. The van der Waals surface area contributed by atoms with Gasteiger partial charge in [0.25, 0.3) is 0 Å². The van der Waals surface area contributed by atoms with E-state index in [2.05, 4.69) is 10.2 Å². The molecule has 2 N–H and O–H groups in total. The first-order chi connectivity index (χ1) is 8.54. The van der Waals surface area contributed by atoms with Crippen molar-refractivity contribution in [2.45, 2.75) is 38.5 Å². The summed E-state index contributed by atoms with van der Waals surface area (Å²) in [5, 5.41) is 8.87. The third-order valence-corrected chi connectivity index (χ3v) is 5.41. The van der Waals surface area contributed by atoms with Crippen LogP contribution >= 0.6 is 11.8 Å². The highest BCUT2D eigenvalue weighted by Gasteiger charge is 2.11. The maximum absolute atomic E-state index is 11.3. The average molecular weight is 292 g/mol. The third kappa shape index (κ3) is 4.25. The smallest absolute Gasteiger partial charge is 0.191 e. The Morgan fingerprint density at radius 2 is 2.06 bits per heavy atom. The molecule has 0 aliphatic carbocycles. The number of hydrogen-bond donors (Lipinski definition) is 1. The second-order valence-electron chi connectivity index (χ2n) is 3.79. The summed E-state index contributed by atoms with van der Waals surface area (Å²) in [5.41, 5.74) is 5.56. The summed E-state index contributed by atoms with van der Waals surface area (Å²) in [5.74, 6) is 1.93. The Bertz CT molecular complexity index is 470. The van der Waals surface area contributed by atoms with Crippen LogP contribution in [-0.4, -0.2) is 40.4 Å². The highest BCUT2D eigenvalue weighted by Crippen LogP contribution is 2.18. The minimum absolute atomic E-state index is 0.208. The van der Waals surface area contributed by atoms with Crippen LogP contribution < -0.4 is 5.73 Å². The maximum atomic E-state index is 11.3. The summed E-state index contributed by atoms with van der Waals surface area (Å²) in [6, 6.07) is 0. The molecule has 0 aliphatic heterocycles. The van der Waals surface area contributed by atoms with E-state index in [4.69, 9.17) is 5.73 Å². The molecule has 0 atom stereocenters. The van der Waals surface area contributed by atoms with Gasteiger partial charge in [0.2, 0.25) is 0 Å². The lowest BCUT2D eigenvalue weighted by Gasteiger charge is -2.05. The number of nitrogens with two attached hydrogens (primary N) is 1. The molecule has 1 heterocycles. The zero-order valence-electron chi connectivity index (χ0n) is 10.8. The molecule has 1 aromatic rings. The minimum atomic E-state index is -2.87. The van der Waals surface area contributed by atoms with Gasteiger partial charge in [0.05, 0.1) is 12.3 Å². The van der Waals surface area contributed by atoms with Gasteiger partial charge in [-0.05, 0) is 13.3 Å². The first kappa shape index (κ1) is 15.5. The second kappa shape index (κ2) is 7.10. The van der Waals surface area contributed by atoms with Crippen molar-refractivity contribution < 1.29 is 8.42 Å². The van der Waals surface area contributed by atoms with Gasteiger partial charge in [-0.25, -0.2) is 8.42 Å². The van der Waals surface area contributed by atoms with Crippen molar-refractivity contribution in [1.29, 1.82) is 0 Å². The van der Waals surface area contributed by atoms with Gasteiger partial charge in [0.15, 0.2) is 5.16 Å². The second-order valence-corrected chi connectivity index (χ2v) is 7.32. The Hall–Kier alpha value is -0.600. The van der Waals surface area contributed by atoms with Crippen molar-refractivity contribution >= 4 is 21.6 Å². The normalized spacial score (nSPS) is 11.9. The molecule has 1 aromatic heterocycles. The van der Waals surface area contributed by atoms with E-state index in [0.29, 0.717) is 13.0 Å². The van der Waals surface area contributed by atoms with Gasteiger partial charge in [0.1, 0.15) is 15.7 Å². The molecule has 6 nitrogen and oxygen atoms in total. The molecule has 8 heteroatoms. The van der Waals surface area contributed by atoms with Gasteiger partial charge in [0, 0.05) is 18.1 Å². The fraction of sp³-hybridized carbons (Fsp3) is 0.800. The fourth-order valence-electron chi connectivity index (χ4n) is 1.48. The molecule has 1 rings (SSSR count). The van der Waals surface area contributed by atoms with Gasteiger partial charge in [-0.3, -0.25) is 0 Å². The van der Waals surface area contributed by atoms with Crippen molar-refractivity contribution in [2.24, 2.45) is 5.73 Å². The largest absolute Gasteiger partial charge is 0.324 e. The van der Waals surface area contributed by atoms with Crippen molar-refractivity contribution in [2.75, 3.05) is 17.3 Å². The Balaban J connectivity index is 2.47. The van der Waals surface area contributed by atoms with E-state index in [1.807, 2.05) is 11.5 Å². The van der Waals surface area contributed by atoms with Crippen LogP contribution in [0.5, 0.6) is 0 Å². The maximum Gasteiger partial charge on any atom is 0.191 e. The van der Waals surface area contributed by atoms with Crippen LogP contribution in [0.2, 0.25) is 0 Å². The molecule has 104 valence electrons. The van der Waals surface area contributed by atoms with Crippen LogP contribution in [0.15, 0.2) is 5.16 Å². The summed E-state index contributed by atoms with van der Waals surface area (Å²) < 4.78 is 24.6. The molecule has 0 spiro atoms. The van der Waals surface area contributed by atoms with Crippen molar-refractivity contribution in [3.05, 3.63) is 5.82 Å². The molecule has 18 heavy (non-hydrogen) atoms. The number of hydrogen-bond acceptors (Lipinski definition) is 6. The van der Waals surface area contributed by atoms with E-state index < -0.39 is 9.84 Å². The van der Waals surface area contributed by atoms with E-state index in [1.54, 1.807) is 6.92 Å². The van der Waals surface area contributed by atoms with Crippen LogP contribution in [0.3, 0.4) is 0 Å². The van der Waals surface area contributed by atoms with Gasteiger partial charge in [-0.15, -0.1) is 10.2 Å². The monoisotopic (exact) mass is 292 g/mol. The van der Waals surface area contributed by atoms with Crippen LogP contribution in [0, 0.1) is 0 Å². The molecule has 0 radical (unpaired) electrons. The van der Waals surface area contributed by atoms with Crippen LogP contribution in [0.4, 0.5) is 0 Å².